The van der Waals surface area contributed by atoms with E-state index < -0.39 is 22.8 Å². The smallest absolute Gasteiger partial charge is 0.341 e. The van der Waals surface area contributed by atoms with Gasteiger partial charge in [0.15, 0.2) is 5.69 Å². The molecule has 7 rings (SSSR count). The highest BCUT2D eigenvalue weighted by Gasteiger charge is 2.31. The second kappa shape index (κ2) is 11.5. The van der Waals surface area contributed by atoms with Crippen LogP contribution in [0.1, 0.15) is 34.9 Å². The molecule has 0 unspecified atom stereocenters. The molecular weight excluding hydrogens is 601 g/mol. The fourth-order valence-electron chi connectivity index (χ4n) is 6.36. The molecule has 2 aliphatic rings. The number of aryl methyl sites for hydroxylation is 2. The summed E-state index contributed by atoms with van der Waals surface area (Å²) in [5, 5.41) is 42.2. The van der Waals surface area contributed by atoms with Gasteiger partial charge in [0, 0.05) is 63.1 Å². The minimum absolute atomic E-state index is 0.00377. The van der Waals surface area contributed by atoms with Crippen molar-refractivity contribution in [2.75, 3.05) is 36.6 Å². The lowest BCUT2D eigenvalue weighted by Crippen LogP contribution is -2.46. The van der Waals surface area contributed by atoms with E-state index in [0.29, 0.717) is 56.7 Å². The first-order valence-electron chi connectivity index (χ1n) is 14.8. The molecule has 2 fully saturated rings. The van der Waals surface area contributed by atoms with Gasteiger partial charge in [0.2, 0.25) is 11.3 Å². The molecule has 0 amide bonds. The second-order valence-electron chi connectivity index (χ2n) is 11.6. The van der Waals surface area contributed by atoms with Crippen LogP contribution in [0.3, 0.4) is 0 Å². The lowest BCUT2D eigenvalue weighted by Gasteiger charge is -2.37. The number of carboxylic acids is 1. The Hall–Kier alpha value is -5.35. The number of aromatic carboxylic acids is 1. The van der Waals surface area contributed by atoms with Gasteiger partial charge in [-0.1, -0.05) is 23.4 Å². The van der Waals surface area contributed by atoms with E-state index in [1.165, 1.54) is 6.20 Å². The van der Waals surface area contributed by atoms with Crippen molar-refractivity contribution in [3.05, 3.63) is 74.9 Å². The van der Waals surface area contributed by atoms with E-state index in [4.69, 9.17) is 0 Å². The van der Waals surface area contributed by atoms with E-state index >= 15 is 4.39 Å². The number of rotatable bonds is 10. The average Bonchev–Trinajstić information content (AvgIpc) is 3.74. The minimum atomic E-state index is -1.39. The third kappa shape index (κ3) is 5.00. The molecule has 5 aromatic rings. The molecule has 1 saturated heterocycles. The van der Waals surface area contributed by atoms with Crippen molar-refractivity contribution >= 4 is 44.8 Å². The Labute approximate surface area is 259 Å². The minimum Gasteiger partial charge on any atom is -0.493 e. The predicted molar refractivity (Wildman–Crippen MR) is 165 cm³/mol. The van der Waals surface area contributed by atoms with Gasteiger partial charge in [-0.2, -0.15) is 0 Å². The molecule has 0 radical (unpaired) electrons. The number of nitrogens with zero attached hydrogens (tertiary/aromatic N) is 8. The Morgan fingerprint density at radius 3 is 2.54 bits per heavy atom. The van der Waals surface area contributed by atoms with E-state index in [1.807, 2.05) is 12.3 Å². The zero-order valence-electron chi connectivity index (χ0n) is 24.5. The maximum atomic E-state index is 15.6. The third-order valence-corrected chi connectivity index (χ3v) is 8.75. The molecule has 1 saturated carbocycles. The van der Waals surface area contributed by atoms with Crippen LogP contribution in [-0.4, -0.2) is 76.6 Å². The van der Waals surface area contributed by atoms with Crippen molar-refractivity contribution in [3.63, 3.8) is 0 Å². The Bertz CT molecular complexity index is 2060. The summed E-state index contributed by atoms with van der Waals surface area (Å²) in [7, 11) is 0. The standard InChI is InChI=1S/C30H30FN9O6/c31-22-13-20-26(40(18-5-6-18)16-21(28(20)41)30(43)44)25(34-46)27(22)37-9-7-36(8-10-37)14-17-15-38(35-32-17)11-12-39-23-4-2-1-3-19(23)24(33-45)29(39)42/h1-4,13,15-16,18,34,42,46H,5-12,14H2,(H,43,44). The number of hydrogen-bond acceptors (Lipinski definition) is 11. The molecule has 4 N–H and O–H groups in total. The average molecular weight is 632 g/mol. The number of benzene rings is 2. The maximum absolute atomic E-state index is 15.6. The molecule has 0 atom stereocenters. The van der Waals surface area contributed by atoms with Crippen molar-refractivity contribution in [2.24, 2.45) is 5.18 Å². The van der Waals surface area contributed by atoms with Gasteiger partial charge in [-0.05, 0) is 30.2 Å². The summed E-state index contributed by atoms with van der Waals surface area (Å²) in [6.45, 7) is 3.16. The summed E-state index contributed by atoms with van der Waals surface area (Å²) >= 11 is 0. The van der Waals surface area contributed by atoms with E-state index in [1.54, 1.807) is 36.9 Å². The van der Waals surface area contributed by atoms with Gasteiger partial charge >= 0.3 is 5.97 Å². The predicted octanol–water partition coefficient (Wildman–Crippen LogP) is 3.65. The number of piperazine rings is 1. The van der Waals surface area contributed by atoms with Crippen LogP contribution in [0.15, 0.2) is 52.7 Å². The lowest BCUT2D eigenvalue weighted by molar-refractivity contribution is 0.0694. The van der Waals surface area contributed by atoms with Crippen LogP contribution >= 0.6 is 0 Å². The molecule has 238 valence electrons. The number of nitrogens with one attached hydrogen (secondary N) is 1. The van der Waals surface area contributed by atoms with E-state index in [-0.39, 0.29) is 39.9 Å². The number of halogens is 1. The first-order valence-corrected chi connectivity index (χ1v) is 14.8. The van der Waals surface area contributed by atoms with Crippen molar-refractivity contribution in [1.29, 1.82) is 0 Å². The number of carbonyl (C=O) groups is 1. The second-order valence-corrected chi connectivity index (χ2v) is 11.6. The number of carboxylic acid groups (broad SMARTS) is 1. The molecule has 46 heavy (non-hydrogen) atoms. The topological polar surface area (TPSA) is 183 Å². The summed E-state index contributed by atoms with van der Waals surface area (Å²) in [4.78, 5) is 39.9. The van der Waals surface area contributed by atoms with Crippen molar-refractivity contribution < 1.29 is 24.6 Å². The number of aromatic hydroxyl groups is 1. The van der Waals surface area contributed by atoms with Crippen LogP contribution in [0.25, 0.3) is 21.8 Å². The van der Waals surface area contributed by atoms with Crippen molar-refractivity contribution in [2.45, 2.75) is 38.5 Å². The number of hydrogen-bond donors (Lipinski definition) is 4. The molecule has 0 spiro atoms. The summed E-state index contributed by atoms with van der Waals surface area (Å²) < 4.78 is 20.6. The van der Waals surface area contributed by atoms with Gasteiger partial charge < -0.3 is 24.2 Å². The number of para-hydroxylation sites is 1. The van der Waals surface area contributed by atoms with Gasteiger partial charge in [0.1, 0.15) is 22.8 Å². The van der Waals surface area contributed by atoms with Crippen LogP contribution in [0.4, 0.5) is 21.5 Å². The van der Waals surface area contributed by atoms with E-state index in [9.17, 15) is 29.9 Å². The zero-order valence-corrected chi connectivity index (χ0v) is 24.5. The molecule has 1 aliphatic heterocycles. The molecule has 2 aromatic carbocycles. The van der Waals surface area contributed by atoms with Gasteiger partial charge in [0.25, 0.3) is 0 Å². The molecule has 1 aliphatic carbocycles. The van der Waals surface area contributed by atoms with Gasteiger partial charge in [0.05, 0.1) is 28.7 Å². The van der Waals surface area contributed by atoms with Crippen LogP contribution in [0.5, 0.6) is 5.88 Å². The highest BCUT2D eigenvalue weighted by atomic mass is 19.1. The summed E-state index contributed by atoms with van der Waals surface area (Å²) in [5.41, 5.74) is 2.70. The summed E-state index contributed by atoms with van der Waals surface area (Å²) in [6, 6.07) is 8.15. The SMILES string of the molecule is O=Nc1c(O)n(CCn2cc(CN3CCN(c4c(F)cc5c(=O)c(C(=O)O)cn(C6CC6)c5c4NO)CC3)nn2)c2ccccc12. The van der Waals surface area contributed by atoms with Crippen LogP contribution in [0.2, 0.25) is 0 Å². The summed E-state index contributed by atoms with van der Waals surface area (Å²) in [6.07, 6.45) is 4.65. The van der Waals surface area contributed by atoms with Crippen molar-refractivity contribution in [1.82, 2.24) is 29.0 Å². The van der Waals surface area contributed by atoms with Gasteiger partial charge in [-0.3, -0.25) is 25.1 Å². The third-order valence-electron chi connectivity index (χ3n) is 8.75. The highest BCUT2D eigenvalue weighted by molar-refractivity contribution is 6.01. The van der Waals surface area contributed by atoms with E-state index in [0.717, 1.165) is 24.6 Å². The Kier molecular flexibility index (Phi) is 7.37. The summed E-state index contributed by atoms with van der Waals surface area (Å²) in [5.74, 6) is -2.32. The van der Waals surface area contributed by atoms with Crippen LogP contribution in [0, 0.1) is 10.7 Å². The zero-order chi connectivity index (χ0) is 32.1. The molecule has 4 heterocycles. The fourth-order valence-corrected chi connectivity index (χ4v) is 6.36. The number of fused-ring (bicyclic) bond motifs is 2. The van der Waals surface area contributed by atoms with E-state index in [2.05, 4.69) is 25.9 Å². The van der Waals surface area contributed by atoms with Gasteiger partial charge in [-0.15, -0.1) is 10.0 Å². The van der Waals surface area contributed by atoms with Crippen LogP contribution in [-0.2, 0) is 19.6 Å². The van der Waals surface area contributed by atoms with Gasteiger partial charge in [-0.25, -0.2) is 9.18 Å². The lowest BCUT2D eigenvalue weighted by atomic mass is 10.1. The largest absolute Gasteiger partial charge is 0.493 e. The molecule has 15 nitrogen and oxygen atoms in total. The van der Waals surface area contributed by atoms with Crippen molar-refractivity contribution in [3.8, 4) is 5.88 Å². The number of aromatic nitrogens is 5. The molecule has 16 heteroatoms. The monoisotopic (exact) mass is 631 g/mol. The molecular formula is C30H30FN9O6. The Morgan fingerprint density at radius 2 is 1.85 bits per heavy atom. The maximum Gasteiger partial charge on any atom is 0.341 e. The van der Waals surface area contributed by atoms with Crippen LogP contribution < -0.4 is 15.8 Å². The fraction of sp³-hybridized carbons (Fsp3) is 0.333. The number of nitroso groups, excluding NO2 is 1. The Morgan fingerprint density at radius 1 is 1.09 bits per heavy atom. The number of pyridine rings is 1. The number of anilines is 2. The quantitative estimate of drug-likeness (QED) is 0.130. The first-order chi connectivity index (χ1) is 22.3. The first kappa shape index (κ1) is 29.4. The Balaban J connectivity index is 1.05. The molecule has 0 bridgehead atoms. The highest BCUT2D eigenvalue weighted by Crippen LogP contribution is 2.43. The molecule has 3 aromatic heterocycles. The normalized spacial score (nSPS) is 15.6.